The molecular weight excluding hydrogens is 198 g/mol. The number of hydrogen-bond donors (Lipinski definition) is 2. The van der Waals surface area contributed by atoms with Gasteiger partial charge in [-0.15, -0.1) is 0 Å². The van der Waals surface area contributed by atoms with E-state index in [2.05, 4.69) is 15.5 Å². The van der Waals surface area contributed by atoms with Gasteiger partial charge in [-0.05, 0) is 19.8 Å². The smallest absolute Gasteiger partial charge is 0.246 e. The SMILES string of the molecule is Cc1noc(CNC(=O)CCCCO)n1. The standard InChI is InChI=1S/C9H15N3O3/c1-7-11-9(15-12-7)6-10-8(14)4-2-3-5-13/h13H,2-6H2,1H3,(H,10,14). The number of unbranched alkanes of at least 4 members (excludes halogenated alkanes) is 1. The number of aromatic nitrogens is 2. The molecule has 6 nitrogen and oxygen atoms in total. The molecule has 0 aromatic carbocycles. The fourth-order valence-corrected chi connectivity index (χ4v) is 1.07. The molecule has 0 aliphatic rings. The lowest BCUT2D eigenvalue weighted by Gasteiger charge is -2.00. The largest absolute Gasteiger partial charge is 0.396 e. The number of carbonyl (C=O) groups excluding carboxylic acids is 1. The minimum absolute atomic E-state index is 0.0701. The number of aliphatic hydroxyl groups is 1. The summed E-state index contributed by atoms with van der Waals surface area (Å²) in [6.45, 7) is 2.10. The summed E-state index contributed by atoms with van der Waals surface area (Å²) in [5.41, 5.74) is 0. The Bertz CT molecular complexity index is 311. The topological polar surface area (TPSA) is 88.2 Å². The highest BCUT2D eigenvalue weighted by Crippen LogP contribution is 1.97. The molecule has 0 saturated heterocycles. The van der Waals surface area contributed by atoms with Crippen LogP contribution in [-0.4, -0.2) is 27.8 Å². The van der Waals surface area contributed by atoms with Crippen molar-refractivity contribution >= 4 is 5.91 Å². The Morgan fingerprint density at radius 2 is 2.33 bits per heavy atom. The molecular formula is C9H15N3O3. The van der Waals surface area contributed by atoms with E-state index in [0.29, 0.717) is 31.0 Å². The van der Waals surface area contributed by atoms with E-state index in [1.807, 2.05) is 0 Å². The van der Waals surface area contributed by atoms with Gasteiger partial charge in [-0.1, -0.05) is 5.16 Å². The summed E-state index contributed by atoms with van der Waals surface area (Å²) in [6.07, 6.45) is 1.74. The second kappa shape index (κ2) is 6.13. The van der Waals surface area contributed by atoms with E-state index in [9.17, 15) is 4.79 Å². The number of rotatable bonds is 6. The average molecular weight is 213 g/mol. The van der Waals surface area contributed by atoms with Gasteiger partial charge in [-0.3, -0.25) is 4.79 Å². The number of carbonyl (C=O) groups is 1. The van der Waals surface area contributed by atoms with Crippen LogP contribution in [0.4, 0.5) is 0 Å². The van der Waals surface area contributed by atoms with Crippen molar-refractivity contribution in [3.8, 4) is 0 Å². The normalized spacial score (nSPS) is 10.3. The van der Waals surface area contributed by atoms with Gasteiger partial charge in [-0.25, -0.2) is 0 Å². The molecule has 1 heterocycles. The lowest BCUT2D eigenvalue weighted by atomic mass is 10.2. The number of nitrogens with one attached hydrogen (secondary N) is 1. The van der Waals surface area contributed by atoms with Crippen LogP contribution in [0.25, 0.3) is 0 Å². The van der Waals surface area contributed by atoms with Crippen LogP contribution in [-0.2, 0) is 11.3 Å². The fourth-order valence-electron chi connectivity index (χ4n) is 1.07. The number of aryl methyl sites for hydroxylation is 1. The third kappa shape index (κ3) is 4.55. The van der Waals surface area contributed by atoms with Crippen LogP contribution in [0.5, 0.6) is 0 Å². The average Bonchev–Trinajstić information content (AvgIpc) is 2.62. The van der Waals surface area contributed by atoms with Crippen molar-refractivity contribution in [2.75, 3.05) is 6.61 Å². The first-order valence-electron chi connectivity index (χ1n) is 4.89. The summed E-state index contributed by atoms with van der Waals surface area (Å²) in [6, 6.07) is 0. The predicted molar refractivity (Wildman–Crippen MR) is 51.8 cm³/mol. The van der Waals surface area contributed by atoms with Crippen LogP contribution in [0.2, 0.25) is 0 Å². The predicted octanol–water partition coefficient (Wildman–Crippen LogP) is 0.157. The van der Waals surface area contributed by atoms with Gasteiger partial charge < -0.3 is 14.9 Å². The molecule has 1 aromatic rings. The molecule has 0 bridgehead atoms. The first kappa shape index (κ1) is 11.6. The lowest BCUT2D eigenvalue weighted by Crippen LogP contribution is -2.22. The van der Waals surface area contributed by atoms with Gasteiger partial charge in [0.15, 0.2) is 5.82 Å². The van der Waals surface area contributed by atoms with E-state index in [1.165, 1.54) is 0 Å². The van der Waals surface area contributed by atoms with E-state index in [-0.39, 0.29) is 19.1 Å². The Morgan fingerprint density at radius 3 is 2.93 bits per heavy atom. The van der Waals surface area contributed by atoms with Crippen molar-refractivity contribution in [2.45, 2.75) is 32.7 Å². The fraction of sp³-hybridized carbons (Fsp3) is 0.667. The van der Waals surface area contributed by atoms with Crippen LogP contribution in [0.1, 0.15) is 31.0 Å². The Morgan fingerprint density at radius 1 is 1.53 bits per heavy atom. The number of aliphatic hydroxyl groups excluding tert-OH is 1. The van der Waals surface area contributed by atoms with Crippen LogP contribution in [0.15, 0.2) is 4.52 Å². The Balaban J connectivity index is 2.16. The molecule has 0 radical (unpaired) electrons. The maximum Gasteiger partial charge on any atom is 0.246 e. The molecule has 0 aliphatic heterocycles. The number of nitrogens with zero attached hydrogens (tertiary/aromatic N) is 2. The second-order valence-corrected chi connectivity index (χ2v) is 3.19. The highest BCUT2D eigenvalue weighted by atomic mass is 16.5. The molecule has 2 N–H and O–H groups in total. The zero-order valence-corrected chi connectivity index (χ0v) is 8.69. The Labute approximate surface area is 87.7 Å². The van der Waals surface area contributed by atoms with Crippen LogP contribution >= 0.6 is 0 Å². The molecule has 6 heteroatoms. The van der Waals surface area contributed by atoms with Crippen molar-refractivity contribution in [2.24, 2.45) is 0 Å². The molecule has 0 saturated carbocycles. The maximum atomic E-state index is 11.2. The van der Waals surface area contributed by atoms with Crippen molar-refractivity contribution < 1.29 is 14.4 Å². The van der Waals surface area contributed by atoms with Crippen LogP contribution in [0.3, 0.4) is 0 Å². The molecule has 0 fully saturated rings. The lowest BCUT2D eigenvalue weighted by molar-refractivity contribution is -0.121. The summed E-state index contributed by atoms with van der Waals surface area (Å²) < 4.78 is 4.82. The number of amides is 1. The third-order valence-corrected chi connectivity index (χ3v) is 1.82. The minimum atomic E-state index is -0.0701. The highest BCUT2D eigenvalue weighted by molar-refractivity contribution is 5.75. The molecule has 0 aliphatic carbocycles. The molecule has 1 rings (SSSR count). The second-order valence-electron chi connectivity index (χ2n) is 3.19. The minimum Gasteiger partial charge on any atom is -0.396 e. The maximum absolute atomic E-state index is 11.2. The zero-order valence-electron chi connectivity index (χ0n) is 8.69. The molecule has 15 heavy (non-hydrogen) atoms. The van der Waals surface area contributed by atoms with Gasteiger partial charge >= 0.3 is 0 Å². The molecule has 1 amide bonds. The van der Waals surface area contributed by atoms with Gasteiger partial charge in [0.05, 0.1) is 6.54 Å². The van der Waals surface area contributed by atoms with E-state index < -0.39 is 0 Å². The summed E-state index contributed by atoms with van der Waals surface area (Å²) in [7, 11) is 0. The Kier molecular flexibility index (Phi) is 4.76. The van der Waals surface area contributed by atoms with E-state index in [4.69, 9.17) is 9.63 Å². The summed E-state index contributed by atoms with van der Waals surface area (Å²) >= 11 is 0. The molecule has 1 aromatic heterocycles. The van der Waals surface area contributed by atoms with E-state index in [0.717, 1.165) is 0 Å². The molecule has 0 spiro atoms. The third-order valence-electron chi connectivity index (χ3n) is 1.82. The zero-order chi connectivity index (χ0) is 11.1. The van der Waals surface area contributed by atoms with E-state index >= 15 is 0 Å². The van der Waals surface area contributed by atoms with Crippen molar-refractivity contribution in [1.82, 2.24) is 15.5 Å². The molecule has 84 valence electrons. The molecule has 0 atom stereocenters. The van der Waals surface area contributed by atoms with Gasteiger partial charge in [-0.2, -0.15) is 4.98 Å². The van der Waals surface area contributed by atoms with Crippen molar-refractivity contribution in [1.29, 1.82) is 0 Å². The summed E-state index contributed by atoms with van der Waals surface area (Å²) in [5.74, 6) is 0.891. The summed E-state index contributed by atoms with van der Waals surface area (Å²) in [4.78, 5) is 15.2. The van der Waals surface area contributed by atoms with Gasteiger partial charge in [0, 0.05) is 13.0 Å². The Hall–Kier alpha value is -1.43. The van der Waals surface area contributed by atoms with Gasteiger partial charge in [0.1, 0.15) is 0 Å². The number of hydrogen-bond acceptors (Lipinski definition) is 5. The van der Waals surface area contributed by atoms with Crippen LogP contribution in [0, 0.1) is 6.92 Å². The van der Waals surface area contributed by atoms with E-state index in [1.54, 1.807) is 6.92 Å². The van der Waals surface area contributed by atoms with Crippen LogP contribution < -0.4 is 5.32 Å². The van der Waals surface area contributed by atoms with Gasteiger partial charge in [0.25, 0.3) is 0 Å². The first-order valence-corrected chi connectivity index (χ1v) is 4.89. The van der Waals surface area contributed by atoms with Gasteiger partial charge in [0.2, 0.25) is 11.8 Å². The van der Waals surface area contributed by atoms with Crippen molar-refractivity contribution in [3.05, 3.63) is 11.7 Å². The highest BCUT2D eigenvalue weighted by Gasteiger charge is 2.05. The quantitative estimate of drug-likeness (QED) is 0.657. The first-order chi connectivity index (χ1) is 7.22. The van der Waals surface area contributed by atoms with Crippen molar-refractivity contribution in [3.63, 3.8) is 0 Å². The summed E-state index contributed by atoms with van der Waals surface area (Å²) in [5, 5.41) is 14.8. The monoisotopic (exact) mass is 213 g/mol. The molecule has 0 unspecified atom stereocenters.